The number of hydrogen-bond donors (Lipinski definition) is 5. The van der Waals surface area contributed by atoms with Crippen LogP contribution < -0.4 is 4.90 Å². The van der Waals surface area contributed by atoms with E-state index in [4.69, 9.17) is 9.47 Å². The van der Waals surface area contributed by atoms with E-state index in [1.807, 2.05) is 23.3 Å². The molecule has 75 heavy (non-hydrogen) atoms. The predicted octanol–water partition coefficient (Wildman–Crippen LogP) is 6.71. The van der Waals surface area contributed by atoms with Gasteiger partial charge in [-0.05, 0) is 117 Å². The molecular formula is C49H58N2O19S5. The minimum absolute atomic E-state index is 0.0264. The van der Waals surface area contributed by atoms with E-state index in [-0.39, 0.29) is 67.0 Å². The molecule has 2 heterocycles. The molecule has 0 aromatic heterocycles. The van der Waals surface area contributed by atoms with Gasteiger partial charge in [0.15, 0.2) is 5.71 Å². The minimum atomic E-state index is -5.29. The lowest BCUT2D eigenvalue weighted by Gasteiger charge is -2.31. The molecule has 0 aliphatic carbocycles. The molecule has 2 unspecified atom stereocenters. The number of hydrogen-bond acceptors (Lipinski definition) is 15. The van der Waals surface area contributed by atoms with Gasteiger partial charge in [-0.15, -0.1) is 0 Å². The highest BCUT2D eigenvalue weighted by Gasteiger charge is 2.49. The van der Waals surface area contributed by atoms with Crippen LogP contribution in [-0.4, -0.2) is 132 Å². The van der Waals surface area contributed by atoms with Gasteiger partial charge in [0.05, 0.1) is 39.1 Å². The fourth-order valence-corrected chi connectivity index (χ4v) is 13.3. The molecule has 21 nitrogen and oxygen atoms in total. The maximum atomic E-state index is 12.7. The first-order chi connectivity index (χ1) is 34.9. The van der Waals surface area contributed by atoms with Crippen molar-refractivity contribution in [1.29, 1.82) is 0 Å². The summed E-state index contributed by atoms with van der Waals surface area (Å²) in [6.45, 7) is 6.65. The van der Waals surface area contributed by atoms with Crippen LogP contribution in [-0.2, 0) is 75.7 Å². The number of fused-ring (bicyclic) bond motifs is 6. The van der Waals surface area contributed by atoms with Crippen molar-refractivity contribution in [2.45, 2.75) is 96.1 Å². The molecule has 2 atom stereocenters. The Hall–Kier alpha value is -5.23. The molecule has 6 rings (SSSR count). The number of carboxylic acid groups (broad SMARTS) is 1. The highest BCUT2D eigenvalue weighted by molar-refractivity contribution is 7.87. The summed E-state index contributed by atoms with van der Waals surface area (Å²) in [6, 6.07) is 9.43. The van der Waals surface area contributed by atoms with E-state index in [2.05, 4.69) is 0 Å². The highest BCUT2D eigenvalue weighted by Crippen LogP contribution is 2.54. The van der Waals surface area contributed by atoms with E-state index in [0.29, 0.717) is 78.4 Å². The average molecular weight is 1140 g/mol. The van der Waals surface area contributed by atoms with Crippen LogP contribution in [0.3, 0.4) is 0 Å². The van der Waals surface area contributed by atoms with Crippen LogP contribution in [0.15, 0.2) is 116 Å². The molecule has 0 spiro atoms. The van der Waals surface area contributed by atoms with E-state index in [0.717, 1.165) is 12.1 Å². The minimum Gasteiger partial charge on any atom is -0.744 e. The molecular weight excluding hydrogens is 1080 g/mol. The van der Waals surface area contributed by atoms with Gasteiger partial charge in [-0.3, -0.25) is 23.0 Å². The van der Waals surface area contributed by atoms with Gasteiger partial charge in [0.2, 0.25) is 5.69 Å². The Morgan fingerprint density at radius 1 is 0.680 bits per heavy atom. The van der Waals surface area contributed by atoms with Gasteiger partial charge >= 0.3 is 5.97 Å². The van der Waals surface area contributed by atoms with Crippen LogP contribution in [0.5, 0.6) is 0 Å². The molecule has 408 valence electrons. The number of carboxylic acids is 1. The fraction of sp³-hybridized carbons (Fsp3) is 0.388. The lowest BCUT2D eigenvalue weighted by atomic mass is 9.74. The monoisotopic (exact) mass is 1140 g/mol. The van der Waals surface area contributed by atoms with Crippen molar-refractivity contribution in [3.63, 3.8) is 0 Å². The number of rotatable bonds is 25. The Balaban J connectivity index is 1.46. The van der Waals surface area contributed by atoms with Gasteiger partial charge in [0.1, 0.15) is 21.6 Å². The van der Waals surface area contributed by atoms with E-state index >= 15 is 0 Å². The smallest absolute Gasteiger partial charge is 0.303 e. The summed E-state index contributed by atoms with van der Waals surface area (Å²) in [7, 11) is -23.4. The third-order valence-electron chi connectivity index (χ3n) is 13.4. The van der Waals surface area contributed by atoms with Crippen molar-refractivity contribution in [1.82, 2.24) is 0 Å². The maximum absolute atomic E-state index is 12.7. The van der Waals surface area contributed by atoms with Crippen molar-refractivity contribution in [2.24, 2.45) is 0 Å². The van der Waals surface area contributed by atoms with Crippen LogP contribution >= 0.6 is 0 Å². The molecule has 4 aromatic rings. The number of unbranched alkanes of at least 4 members (excludes halogenated alkanes) is 2. The van der Waals surface area contributed by atoms with Crippen LogP contribution in [0, 0.1) is 0 Å². The van der Waals surface area contributed by atoms with Crippen LogP contribution in [0.2, 0.25) is 0 Å². The number of nitrogens with zero attached hydrogens (tertiary/aromatic N) is 2. The molecule has 4 aromatic carbocycles. The maximum Gasteiger partial charge on any atom is 0.303 e. The number of aliphatic carboxylic acids is 1. The van der Waals surface area contributed by atoms with E-state index in [9.17, 15) is 74.8 Å². The Bertz CT molecular complexity index is 3660. The summed E-state index contributed by atoms with van der Waals surface area (Å²) in [6.07, 6.45) is 13.4. The van der Waals surface area contributed by atoms with Crippen LogP contribution in [0.1, 0.15) is 76.8 Å². The van der Waals surface area contributed by atoms with Crippen molar-refractivity contribution < 1.29 is 88.8 Å². The Labute approximate surface area is 436 Å². The normalized spacial score (nSPS) is 19.3. The first-order valence-electron chi connectivity index (χ1n) is 23.4. The summed E-state index contributed by atoms with van der Waals surface area (Å²) in [4.78, 5) is 10.0. The molecule has 0 fully saturated rings. The zero-order valence-corrected chi connectivity index (χ0v) is 45.3. The zero-order chi connectivity index (χ0) is 55.5. The van der Waals surface area contributed by atoms with E-state index in [1.165, 1.54) is 19.2 Å². The molecule has 0 radical (unpaired) electrons. The fourth-order valence-electron chi connectivity index (χ4n) is 10.1. The van der Waals surface area contributed by atoms with Crippen molar-refractivity contribution in [3.8, 4) is 0 Å². The average Bonchev–Trinajstić information content (AvgIpc) is 3.68. The number of methoxy groups -OCH3 is 1. The molecule has 2 aliphatic rings. The van der Waals surface area contributed by atoms with Gasteiger partial charge < -0.3 is 24.0 Å². The third-order valence-corrected chi connectivity index (χ3v) is 17.7. The third kappa shape index (κ3) is 13.1. The molecule has 0 amide bonds. The number of anilines is 1. The molecule has 2 aliphatic heterocycles. The topological polar surface area (TPSA) is 337 Å². The first-order valence-corrected chi connectivity index (χ1v) is 30.7. The van der Waals surface area contributed by atoms with Crippen molar-refractivity contribution in [3.05, 3.63) is 108 Å². The van der Waals surface area contributed by atoms with E-state index in [1.54, 1.807) is 61.6 Å². The molecule has 0 bridgehead atoms. The Morgan fingerprint density at radius 2 is 1.28 bits per heavy atom. The lowest BCUT2D eigenvalue weighted by molar-refractivity contribution is -0.433. The molecule has 0 saturated carbocycles. The summed E-state index contributed by atoms with van der Waals surface area (Å²) in [5.41, 5.74) is 0.747. The molecule has 26 heteroatoms. The molecule has 0 saturated heterocycles. The van der Waals surface area contributed by atoms with Gasteiger partial charge in [-0.2, -0.15) is 38.2 Å². The lowest BCUT2D eigenvalue weighted by Crippen LogP contribution is -2.32. The van der Waals surface area contributed by atoms with Crippen LogP contribution in [0.4, 0.5) is 11.4 Å². The number of carbonyl (C=O) groups is 1. The summed E-state index contributed by atoms with van der Waals surface area (Å²) >= 11 is 0. The second kappa shape index (κ2) is 22.8. The molecule has 5 N–H and O–H groups in total. The number of benzene rings is 4. The largest absolute Gasteiger partial charge is 0.744 e. The zero-order valence-electron chi connectivity index (χ0n) is 41.2. The standard InChI is InChI=1S/C49H58N2O19S5/c1-5-50-39-20-18-35-37(29-33(72(57,58)59)31-41(35)74(63,64)65)46(39)48(2,22-14-28-71(54,55)56)43(50)15-10-7-6-8-11-16-44-49(3,23-25-70-27-26-69-4)47-38-30-34(73(60,61)62)32-42(75(66,67)68)36(38)19-21-40(47)51(44)24-13-9-12-17-45(52)53/h6-8,10-11,15-16,18-21,29-32H,5,9,12-14,17,22-28H2,1-4H3,(H5-,52,53,54,55,56,57,58,59,60,61,62,63,64,65,66,67,68). The highest BCUT2D eigenvalue weighted by atomic mass is 32.2. The van der Waals surface area contributed by atoms with Crippen molar-refractivity contribution in [2.75, 3.05) is 50.7 Å². The summed E-state index contributed by atoms with van der Waals surface area (Å²) in [5, 5.41) is 9.24. The Morgan fingerprint density at radius 3 is 1.87 bits per heavy atom. The van der Waals surface area contributed by atoms with Crippen LogP contribution in [0.25, 0.3) is 21.5 Å². The summed E-state index contributed by atoms with van der Waals surface area (Å²) in [5.74, 6) is -1.60. The first kappa shape index (κ1) is 59.0. The van der Waals surface area contributed by atoms with Crippen molar-refractivity contribution >= 4 is 95.2 Å². The summed E-state index contributed by atoms with van der Waals surface area (Å²) < 4.78 is 190. The second-order valence-electron chi connectivity index (χ2n) is 18.4. The number of allylic oxidation sites excluding steroid dienone is 8. The van der Waals surface area contributed by atoms with Gasteiger partial charge in [-0.1, -0.05) is 42.9 Å². The van der Waals surface area contributed by atoms with Gasteiger partial charge in [-0.25, -0.2) is 8.42 Å². The number of ether oxygens (including phenoxy) is 2. The quantitative estimate of drug-likeness (QED) is 0.0199. The van der Waals surface area contributed by atoms with Gasteiger partial charge in [0.25, 0.3) is 40.5 Å². The Kier molecular flexibility index (Phi) is 17.9. The van der Waals surface area contributed by atoms with Gasteiger partial charge in [0, 0.05) is 66.6 Å². The SMILES string of the molecule is CC[N+]1=C(/C=C/C=C/C=C/C=C2/N(CCCCCC(=O)O)c3ccc4c(S(=O)(=O)[O-])cc(S(=O)(=O)O)cc4c3C2(C)CCOCCOC)C(C)(CCCS(=O)(=O)O)c2c1ccc1c(S(=O)(=O)O)cc(S(=O)(=O)O)cc21. The predicted molar refractivity (Wildman–Crippen MR) is 277 cm³/mol. The second-order valence-corrected chi connectivity index (χ2v) is 25.6. The van der Waals surface area contributed by atoms with E-state index < -0.39 is 92.7 Å².